The monoisotopic (exact) mass is 246 g/mol. The van der Waals surface area contributed by atoms with Crippen molar-refractivity contribution < 1.29 is 13.9 Å². The number of hydrogen-bond acceptors (Lipinski definition) is 3. The summed E-state index contributed by atoms with van der Waals surface area (Å²) in [6.45, 7) is 8.76. The van der Waals surface area contributed by atoms with Crippen LogP contribution in [0.2, 0.25) is 0 Å². The molecule has 0 atom stereocenters. The molecule has 1 rings (SSSR count). The van der Waals surface area contributed by atoms with Gasteiger partial charge < -0.3 is 4.74 Å². The van der Waals surface area contributed by atoms with Crippen molar-refractivity contribution in [2.24, 2.45) is 5.84 Å². The number of hydrazine groups is 1. The van der Waals surface area contributed by atoms with Crippen LogP contribution < -0.4 is 5.84 Å². The third kappa shape index (κ3) is 3.09. The summed E-state index contributed by atoms with van der Waals surface area (Å²) in [6.07, 6.45) is 0.579. The first-order valence-corrected chi connectivity index (χ1v) is 5.98. The van der Waals surface area contributed by atoms with E-state index in [0.717, 1.165) is 5.01 Å². The summed E-state index contributed by atoms with van der Waals surface area (Å²) >= 11 is 0. The number of nitrogens with two attached hydrogens (primary N) is 1. The molecule has 0 saturated heterocycles. The zero-order chi connectivity index (χ0) is 13.5. The maximum absolute atomic E-state index is 13.6. The smallest absolute Gasteiger partial charge is 0.425 e. The van der Waals surface area contributed by atoms with E-state index in [4.69, 9.17) is 10.6 Å². The van der Waals surface area contributed by atoms with Crippen molar-refractivity contribution in [2.75, 3.05) is 0 Å². The fourth-order valence-corrected chi connectivity index (χ4v) is 2.42. The molecule has 1 amide bonds. The van der Waals surface area contributed by atoms with Gasteiger partial charge in [0.2, 0.25) is 0 Å². The second-order valence-electron chi connectivity index (χ2n) is 6.20. The maximum atomic E-state index is 13.6. The van der Waals surface area contributed by atoms with Gasteiger partial charge in [0.05, 0.1) is 5.54 Å². The van der Waals surface area contributed by atoms with Crippen molar-refractivity contribution in [3.8, 4) is 0 Å². The normalized spacial score (nSPS) is 32.9. The Morgan fingerprint density at radius 1 is 1.47 bits per heavy atom. The molecule has 4 nitrogen and oxygen atoms in total. The Bertz CT molecular complexity index is 302. The van der Waals surface area contributed by atoms with Crippen molar-refractivity contribution in [1.82, 2.24) is 5.01 Å². The summed E-state index contributed by atoms with van der Waals surface area (Å²) in [5.41, 5.74) is -2.41. The van der Waals surface area contributed by atoms with E-state index in [2.05, 4.69) is 0 Å². The predicted octanol–water partition coefficient (Wildman–Crippen LogP) is 2.77. The highest BCUT2D eigenvalue weighted by atomic mass is 19.1. The molecule has 0 radical (unpaired) electrons. The minimum absolute atomic E-state index is 0.270. The Morgan fingerprint density at radius 3 is 2.24 bits per heavy atom. The summed E-state index contributed by atoms with van der Waals surface area (Å²) in [5.74, 6) is 5.79. The maximum Gasteiger partial charge on any atom is 0.425 e. The number of amides is 1. The topological polar surface area (TPSA) is 55.6 Å². The van der Waals surface area contributed by atoms with Gasteiger partial charge in [0.15, 0.2) is 0 Å². The highest BCUT2D eigenvalue weighted by Gasteiger charge is 2.56. The number of halogens is 1. The summed E-state index contributed by atoms with van der Waals surface area (Å²) in [7, 11) is 0. The van der Waals surface area contributed by atoms with E-state index in [1.165, 1.54) is 6.92 Å². The van der Waals surface area contributed by atoms with Gasteiger partial charge in [-0.15, -0.1) is 0 Å². The Balaban J connectivity index is 2.69. The first kappa shape index (κ1) is 14.2. The summed E-state index contributed by atoms with van der Waals surface area (Å²) < 4.78 is 18.8. The Kier molecular flexibility index (Phi) is 3.45. The van der Waals surface area contributed by atoms with Crippen LogP contribution in [0, 0.1) is 0 Å². The van der Waals surface area contributed by atoms with Crippen LogP contribution in [0.25, 0.3) is 0 Å². The molecule has 100 valence electrons. The van der Waals surface area contributed by atoms with E-state index in [-0.39, 0.29) is 12.8 Å². The van der Waals surface area contributed by atoms with Gasteiger partial charge in [0, 0.05) is 12.8 Å². The lowest BCUT2D eigenvalue weighted by molar-refractivity contribution is -0.0967. The van der Waals surface area contributed by atoms with Crippen molar-refractivity contribution in [2.45, 2.75) is 70.7 Å². The van der Waals surface area contributed by atoms with Gasteiger partial charge in [0.1, 0.15) is 11.3 Å². The van der Waals surface area contributed by atoms with Crippen LogP contribution in [-0.2, 0) is 4.74 Å². The minimum atomic E-state index is -1.23. The van der Waals surface area contributed by atoms with Crippen LogP contribution in [0.1, 0.15) is 53.9 Å². The molecule has 0 heterocycles. The largest absolute Gasteiger partial charge is 0.443 e. The highest BCUT2D eigenvalue weighted by Crippen LogP contribution is 2.49. The second-order valence-corrected chi connectivity index (χ2v) is 6.20. The average Bonchev–Trinajstić information content (AvgIpc) is 2.09. The lowest BCUT2D eigenvalue weighted by Crippen LogP contribution is -2.66. The van der Waals surface area contributed by atoms with Gasteiger partial charge in [-0.1, -0.05) is 6.92 Å². The Hall–Kier alpha value is -0.840. The molecule has 1 aliphatic carbocycles. The van der Waals surface area contributed by atoms with Crippen LogP contribution in [0.5, 0.6) is 0 Å². The summed E-state index contributed by atoms with van der Waals surface area (Å²) in [5, 5.41) is 1.07. The minimum Gasteiger partial charge on any atom is -0.443 e. The van der Waals surface area contributed by atoms with Gasteiger partial charge in [0.25, 0.3) is 0 Å². The molecule has 1 aliphatic rings. The van der Waals surface area contributed by atoms with Crippen molar-refractivity contribution >= 4 is 6.09 Å². The molecule has 1 saturated carbocycles. The molecule has 1 fully saturated rings. The number of carbonyl (C=O) groups is 1. The predicted molar refractivity (Wildman–Crippen MR) is 64.0 cm³/mol. The highest BCUT2D eigenvalue weighted by molar-refractivity contribution is 5.68. The summed E-state index contributed by atoms with van der Waals surface area (Å²) in [4.78, 5) is 11.8. The van der Waals surface area contributed by atoms with Gasteiger partial charge in [-0.2, -0.15) is 0 Å². The van der Waals surface area contributed by atoms with Crippen LogP contribution in [0.3, 0.4) is 0 Å². The van der Waals surface area contributed by atoms with E-state index in [1.807, 2.05) is 6.92 Å². The molecule has 0 aromatic heterocycles. The fraction of sp³-hybridized carbons (Fsp3) is 0.917. The quantitative estimate of drug-likeness (QED) is 0.463. The second kappa shape index (κ2) is 4.12. The van der Waals surface area contributed by atoms with E-state index in [0.29, 0.717) is 6.42 Å². The van der Waals surface area contributed by atoms with E-state index < -0.39 is 22.9 Å². The number of carbonyl (C=O) groups excluding carboxylic acids is 1. The molecule has 0 spiro atoms. The number of rotatable bonds is 2. The van der Waals surface area contributed by atoms with Gasteiger partial charge >= 0.3 is 6.09 Å². The van der Waals surface area contributed by atoms with Crippen LogP contribution in [-0.4, -0.2) is 27.9 Å². The Morgan fingerprint density at radius 2 is 1.94 bits per heavy atom. The SMILES string of the molecule is CCC1(N(N)C(=O)OC(C)(C)C)CC(C)(F)C1. The molecule has 0 aromatic carbocycles. The first-order valence-electron chi connectivity index (χ1n) is 5.98. The molecule has 5 heteroatoms. The van der Waals surface area contributed by atoms with E-state index in [1.54, 1.807) is 20.8 Å². The van der Waals surface area contributed by atoms with Crippen LogP contribution in [0.4, 0.5) is 9.18 Å². The average molecular weight is 246 g/mol. The van der Waals surface area contributed by atoms with Crippen molar-refractivity contribution in [3.05, 3.63) is 0 Å². The molecule has 0 aliphatic heterocycles. The van der Waals surface area contributed by atoms with Crippen LogP contribution >= 0.6 is 0 Å². The molecule has 0 aromatic rings. The van der Waals surface area contributed by atoms with Gasteiger partial charge in [-0.3, -0.25) is 0 Å². The fourth-order valence-electron chi connectivity index (χ4n) is 2.42. The third-order valence-corrected chi connectivity index (χ3v) is 3.15. The third-order valence-electron chi connectivity index (χ3n) is 3.15. The number of ether oxygens (including phenoxy) is 1. The molecular formula is C12H23FN2O2. The molecule has 17 heavy (non-hydrogen) atoms. The standard InChI is InChI=1S/C12H23FN2O2/c1-6-12(7-11(5,13)8-12)15(14)9(16)17-10(2,3)4/h6-8,14H2,1-5H3. The molecular weight excluding hydrogens is 223 g/mol. The van der Waals surface area contributed by atoms with E-state index in [9.17, 15) is 9.18 Å². The Labute approximate surface area is 102 Å². The summed E-state index contributed by atoms with van der Waals surface area (Å²) in [6, 6.07) is 0. The first-order chi connectivity index (χ1) is 7.51. The van der Waals surface area contributed by atoms with Crippen molar-refractivity contribution in [1.29, 1.82) is 0 Å². The zero-order valence-electron chi connectivity index (χ0n) is 11.3. The van der Waals surface area contributed by atoms with Gasteiger partial charge in [-0.05, 0) is 34.1 Å². The van der Waals surface area contributed by atoms with Crippen molar-refractivity contribution in [3.63, 3.8) is 0 Å². The molecule has 2 N–H and O–H groups in total. The van der Waals surface area contributed by atoms with Crippen LogP contribution in [0.15, 0.2) is 0 Å². The number of nitrogens with zero attached hydrogens (tertiary/aromatic N) is 1. The van der Waals surface area contributed by atoms with E-state index >= 15 is 0 Å². The van der Waals surface area contributed by atoms with Gasteiger partial charge in [-0.25, -0.2) is 20.0 Å². The molecule has 0 bridgehead atoms. The lowest BCUT2D eigenvalue weighted by atomic mass is 9.65. The number of hydrogen-bond donors (Lipinski definition) is 1. The lowest BCUT2D eigenvalue weighted by Gasteiger charge is -2.53. The zero-order valence-corrected chi connectivity index (χ0v) is 11.3. The number of alkyl halides is 1. The molecule has 0 unspecified atom stereocenters.